The average molecular weight is 130 g/mol. The molecule has 9 heavy (non-hydrogen) atoms. The molecule has 0 aromatic rings. The van der Waals surface area contributed by atoms with Crippen molar-refractivity contribution in [3.05, 3.63) is 0 Å². The molecule has 0 aromatic heterocycles. The van der Waals surface area contributed by atoms with Crippen LogP contribution in [0.4, 0.5) is 0 Å². The number of hydroxylamine groups is 2. The van der Waals surface area contributed by atoms with E-state index in [2.05, 4.69) is 0 Å². The highest BCUT2D eigenvalue weighted by Crippen LogP contribution is 2.33. The Bertz CT molecular complexity index is 140. The normalized spacial score (nSPS) is 21.2. The summed E-state index contributed by atoms with van der Waals surface area (Å²) >= 11 is 0. The lowest BCUT2D eigenvalue weighted by atomic mass is 10.3. The van der Waals surface area contributed by atoms with Crippen LogP contribution in [-0.2, 0) is 4.79 Å². The third-order valence-corrected chi connectivity index (χ3v) is 1.51. The fourth-order valence-corrected chi connectivity index (χ4v) is 0.671. The monoisotopic (exact) mass is 130 g/mol. The number of amides is 1. The second-order valence-corrected chi connectivity index (χ2v) is 2.48. The molecule has 1 aliphatic carbocycles. The van der Waals surface area contributed by atoms with E-state index in [0.29, 0.717) is 17.9 Å². The number of carbonyl (C=O) groups is 1. The minimum absolute atomic E-state index is 0.387. The number of hydrogen-bond donors (Lipinski definition) is 2. The zero-order valence-electron chi connectivity index (χ0n) is 5.29. The molecule has 0 heterocycles. The minimum Gasteiger partial charge on any atom is -0.317 e. The molecule has 1 aliphatic rings. The van der Waals surface area contributed by atoms with Gasteiger partial charge < -0.3 is 5.73 Å². The van der Waals surface area contributed by atoms with E-state index in [1.54, 1.807) is 0 Å². The molecule has 3 N–H and O–H groups in total. The van der Waals surface area contributed by atoms with Crippen molar-refractivity contribution in [1.82, 2.24) is 5.06 Å². The van der Waals surface area contributed by atoms with Gasteiger partial charge in [0.2, 0.25) is 0 Å². The summed E-state index contributed by atoms with van der Waals surface area (Å²) in [4.78, 5) is 10.8. The average Bonchev–Trinajstić information content (AvgIpc) is 2.47. The molecule has 1 saturated carbocycles. The SMILES string of the molecule is CN(O)C(=O)C1(N)CC1. The molecule has 1 amide bonds. The van der Waals surface area contributed by atoms with Crippen LogP contribution in [0.15, 0.2) is 0 Å². The minimum atomic E-state index is -0.733. The lowest BCUT2D eigenvalue weighted by Crippen LogP contribution is -2.42. The van der Waals surface area contributed by atoms with Gasteiger partial charge >= 0.3 is 0 Å². The molecular weight excluding hydrogens is 120 g/mol. The summed E-state index contributed by atoms with van der Waals surface area (Å²) in [5.74, 6) is -0.387. The van der Waals surface area contributed by atoms with Crippen LogP contribution >= 0.6 is 0 Å². The van der Waals surface area contributed by atoms with E-state index in [0.717, 1.165) is 0 Å². The van der Waals surface area contributed by atoms with Gasteiger partial charge in [-0.25, -0.2) is 5.06 Å². The Labute approximate surface area is 53.2 Å². The van der Waals surface area contributed by atoms with E-state index >= 15 is 0 Å². The van der Waals surface area contributed by atoms with Crippen LogP contribution < -0.4 is 5.73 Å². The molecule has 0 saturated heterocycles. The van der Waals surface area contributed by atoms with Gasteiger partial charge in [-0.3, -0.25) is 10.0 Å². The van der Waals surface area contributed by atoms with Crippen molar-refractivity contribution in [2.24, 2.45) is 5.73 Å². The molecular formula is C5H10N2O2. The predicted molar refractivity (Wildman–Crippen MR) is 30.7 cm³/mol. The molecule has 0 unspecified atom stereocenters. The first-order valence-corrected chi connectivity index (χ1v) is 2.82. The van der Waals surface area contributed by atoms with Gasteiger partial charge in [-0.2, -0.15) is 0 Å². The van der Waals surface area contributed by atoms with E-state index in [1.165, 1.54) is 7.05 Å². The number of hydrogen-bond acceptors (Lipinski definition) is 3. The third kappa shape index (κ3) is 1.04. The van der Waals surface area contributed by atoms with Crippen molar-refractivity contribution >= 4 is 5.91 Å². The maximum atomic E-state index is 10.8. The molecule has 0 aliphatic heterocycles. The second kappa shape index (κ2) is 1.68. The van der Waals surface area contributed by atoms with Gasteiger partial charge in [0.1, 0.15) is 0 Å². The van der Waals surface area contributed by atoms with E-state index < -0.39 is 5.54 Å². The molecule has 0 atom stereocenters. The van der Waals surface area contributed by atoms with Crippen molar-refractivity contribution < 1.29 is 10.0 Å². The van der Waals surface area contributed by atoms with Crippen LogP contribution in [0, 0.1) is 0 Å². The van der Waals surface area contributed by atoms with Crippen molar-refractivity contribution in [2.45, 2.75) is 18.4 Å². The number of likely N-dealkylation sites (N-methyl/N-ethyl adjacent to an activating group) is 1. The Balaban J connectivity index is 2.53. The first kappa shape index (κ1) is 6.51. The lowest BCUT2D eigenvalue weighted by Gasteiger charge is -2.12. The van der Waals surface area contributed by atoms with Gasteiger partial charge in [0.25, 0.3) is 5.91 Å². The van der Waals surface area contributed by atoms with Crippen molar-refractivity contribution in [3.8, 4) is 0 Å². The fraction of sp³-hybridized carbons (Fsp3) is 0.800. The largest absolute Gasteiger partial charge is 0.317 e. The molecule has 4 nitrogen and oxygen atoms in total. The highest BCUT2D eigenvalue weighted by Gasteiger charge is 2.47. The Hall–Kier alpha value is -0.610. The van der Waals surface area contributed by atoms with Crippen molar-refractivity contribution in [2.75, 3.05) is 7.05 Å². The summed E-state index contributed by atoms with van der Waals surface area (Å²) in [5.41, 5.74) is 4.71. The molecule has 0 aromatic carbocycles. The highest BCUT2D eigenvalue weighted by molar-refractivity contribution is 5.87. The summed E-state index contributed by atoms with van der Waals surface area (Å²) < 4.78 is 0. The Morgan fingerprint density at radius 1 is 1.78 bits per heavy atom. The molecule has 0 radical (unpaired) electrons. The Morgan fingerprint density at radius 3 is 2.33 bits per heavy atom. The summed E-state index contributed by atoms with van der Waals surface area (Å²) in [5, 5.41) is 9.15. The van der Waals surface area contributed by atoms with Crippen molar-refractivity contribution in [3.63, 3.8) is 0 Å². The number of rotatable bonds is 1. The molecule has 1 rings (SSSR count). The number of carbonyl (C=O) groups excluding carboxylic acids is 1. The zero-order valence-corrected chi connectivity index (χ0v) is 5.29. The highest BCUT2D eigenvalue weighted by atomic mass is 16.5. The smallest absolute Gasteiger partial charge is 0.265 e. The standard InChI is InChI=1S/C5H10N2O2/c1-7(9)4(8)5(6)2-3-5/h9H,2-3,6H2,1H3. The van der Waals surface area contributed by atoms with Crippen LogP contribution in [0.5, 0.6) is 0 Å². The summed E-state index contributed by atoms with van der Waals surface area (Å²) in [6.45, 7) is 0. The summed E-state index contributed by atoms with van der Waals surface area (Å²) in [7, 11) is 1.29. The van der Waals surface area contributed by atoms with Gasteiger partial charge in [0, 0.05) is 7.05 Å². The maximum Gasteiger partial charge on any atom is 0.265 e. The maximum absolute atomic E-state index is 10.8. The molecule has 0 bridgehead atoms. The third-order valence-electron chi connectivity index (χ3n) is 1.51. The van der Waals surface area contributed by atoms with Gasteiger partial charge in [0.05, 0.1) is 5.54 Å². The fourth-order valence-electron chi connectivity index (χ4n) is 0.671. The lowest BCUT2D eigenvalue weighted by molar-refractivity contribution is -0.161. The molecule has 52 valence electrons. The summed E-state index contributed by atoms with van der Waals surface area (Å²) in [6, 6.07) is 0. The first-order chi connectivity index (χ1) is 4.06. The van der Waals surface area contributed by atoms with Crippen LogP contribution in [0.2, 0.25) is 0 Å². The van der Waals surface area contributed by atoms with Gasteiger partial charge in [0.15, 0.2) is 0 Å². The van der Waals surface area contributed by atoms with E-state index in [1.807, 2.05) is 0 Å². The quantitative estimate of drug-likeness (QED) is 0.365. The number of nitrogens with two attached hydrogens (primary N) is 1. The molecule has 4 heteroatoms. The summed E-state index contributed by atoms with van der Waals surface area (Å²) in [6.07, 6.45) is 1.38. The van der Waals surface area contributed by atoms with Gasteiger partial charge in [-0.15, -0.1) is 0 Å². The Morgan fingerprint density at radius 2 is 2.22 bits per heavy atom. The van der Waals surface area contributed by atoms with E-state index in [4.69, 9.17) is 10.9 Å². The van der Waals surface area contributed by atoms with Crippen molar-refractivity contribution in [1.29, 1.82) is 0 Å². The van der Waals surface area contributed by atoms with Crippen LogP contribution in [0.3, 0.4) is 0 Å². The van der Waals surface area contributed by atoms with E-state index in [-0.39, 0.29) is 5.91 Å². The van der Waals surface area contributed by atoms with Crippen LogP contribution in [0.1, 0.15) is 12.8 Å². The molecule has 1 fully saturated rings. The predicted octanol–water partition coefficient (Wildman–Crippen LogP) is -0.675. The van der Waals surface area contributed by atoms with Crippen LogP contribution in [0.25, 0.3) is 0 Å². The second-order valence-electron chi connectivity index (χ2n) is 2.48. The Kier molecular flexibility index (Phi) is 1.22. The zero-order chi connectivity index (χ0) is 7.07. The number of nitrogens with zero attached hydrogens (tertiary/aromatic N) is 1. The molecule has 0 spiro atoms. The van der Waals surface area contributed by atoms with Gasteiger partial charge in [-0.05, 0) is 12.8 Å². The topological polar surface area (TPSA) is 66.6 Å². The first-order valence-electron chi connectivity index (χ1n) is 2.82. The van der Waals surface area contributed by atoms with Gasteiger partial charge in [-0.1, -0.05) is 0 Å². The van der Waals surface area contributed by atoms with Crippen LogP contribution in [-0.4, -0.2) is 28.8 Å². The van der Waals surface area contributed by atoms with E-state index in [9.17, 15) is 4.79 Å².